The Balaban J connectivity index is 1.79. The van der Waals surface area contributed by atoms with Crippen LogP contribution in [0.25, 0.3) is 11.3 Å². The monoisotopic (exact) mass is 349 g/mol. The van der Waals surface area contributed by atoms with E-state index < -0.39 is 12.1 Å². The largest absolute Gasteiger partial charge is 0.465 e. The summed E-state index contributed by atoms with van der Waals surface area (Å²) in [5.74, 6) is 0.488. The molecule has 0 unspecified atom stereocenters. The van der Waals surface area contributed by atoms with Crippen molar-refractivity contribution in [1.82, 2.24) is 10.1 Å². The second kappa shape index (κ2) is 6.52. The van der Waals surface area contributed by atoms with Crippen molar-refractivity contribution in [3.63, 3.8) is 0 Å². The fourth-order valence-electron chi connectivity index (χ4n) is 2.79. The average molecular weight is 350 g/mol. The number of anilines is 1. The first-order valence-electron chi connectivity index (χ1n) is 7.47. The van der Waals surface area contributed by atoms with Crippen LogP contribution in [0.4, 0.5) is 10.6 Å². The Hall–Kier alpha value is -2.54. The van der Waals surface area contributed by atoms with Gasteiger partial charge in [-0.2, -0.15) is 0 Å². The molecule has 2 heterocycles. The van der Waals surface area contributed by atoms with Gasteiger partial charge in [0.1, 0.15) is 6.04 Å². The van der Waals surface area contributed by atoms with Gasteiger partial charge < -0.3 is 9.63 Å². The lowest BCUT2D eigenvalue weighted by Crippen LogP contribution is -2.46. The van der Waals surface area contributed by atoms with E-state index in [4.69, 9.17) is 16.1 Å². The van der Waals surface area contributed by atoms with Crippen LogP contribution in [0.3, 0.4) is 0 Å². The van der Waals surface area contributed by atoms with E-state index in [1.807, 2.05) is 6.07 Å². The number of rotatable bonds is 3. The molecule has 0 bridgehead atoms. The lowest BCUT2D eigenvalue weighted by molar-refractivity contribution is -0.122. The minimum absolute atomic E-state index is 0.319. The SMILES string of the molecule is CN(C(=O)[C@@H]1CCCN1C(=O)O)c1cc(-c2cccc(Cl)c2)on1. The second-order valence-corrected chi connectivity index (χ2v) is 6.03. The number of benzene rings is 1. The number of amides is 2. The molecule has 7 nitrogen and oxygen atoms in total. The van der Waals surface area contributed by atoms with E-state index in [9.17, 15) is 14.7 Å². The third-order valence-electron chi connectivity index (χ3n) is 4.06. The topological polar surface area (TPSA) is 86.9 Å². The lowest BCUT2D eigenvalue weighted by Gasteiger charge is -2.24. The molecule has 1 atom stereocenters. The highest BCUT2D eigenvalue weighted by Gasteiger charge is 2.36. The van der Waals surface area contributed by atoms with Crippen LogP contribution in [0.15, 0.2) is 34.9 Å². The van der Waals surface area contributed by atoms with Gasteiger partial charge in [0, 0.05) is 30.2 Å². The van der Waals surface area contributed by atoms with Gasteiger partial charge in [-0.15, -0.1) is 0 Å². The van der Waals surface area contributed by atoms with Crippen LogP contribution < -0.4 is 4.90 Å². The van der Waals surface area contributed by atoms with Crippen LogP contribution in [0.2, 0.25) is 5.02 Å². The van der Waals surface area contributed by atoms with Crippen molar-refractivity contribution in [2.75, 3.05) is 18.5 Å². The first-order chi connectivity index (χ1) is 11.5. The van der Waals surface area contributed by atoms with Crippen molar-refractivity contribution in [3.8, 4) is 11.3 Å². The van der Waals surface area contributed by atoms with Gasteiger partial charge in [0.15, 0.2) is 11.6 Å². The summed E-state index contributed by atoms with van der Waals surface area (Å²) in [6, 6.07) is 8.04. The fraction of sp³-hybridized carbons (Fsp3) is 0.312. The number of hydrogen-bond donors (Lipinski definition) is 1. The Morgan fingerprint density at radius 2 is 2.21 bits per heavy atom. The maximum Gasteiger partial charge on any atom is 0.407 e. The van der Waals surface area contributed by atoms with Crippen molar-refractivity contribution >= 4 is 29.4 Å². The van der Waals surface area contributed by atoms with Crippen molar-refractivity contribution in [2.24, 2.45) is 0 Å². The molecule has 1 aliphatic heterocycles. The molecule has 24 heavy (non-hydrogen) atoms. The Morgan fingerprint density at radius 1 is 1.42 bits per heavy atom. The van der Waals surface area contributed by atoms with Gasteiger partial charge in [-0.05, 0) is 25.0 Å². The van der Waals surface area contributed by atoms with Crippen molar-refractivity contribution in [3.05, 3.63) is 35.4 Å². The molecule has 2 aromatic rings. The molecule has 2 amide bonds. The first kappa shape index (κ1) is 16.3. The van der Waals surface area contributed by atoms with Crippen LogP contribution in [-0.2, 0) is 4.79 Å². The van der Waals surface area contributed by atoms with Crippen LogP contribution in [0.1, 0.15) is 12.8 Å². The molecule has 0 saturated carbocycles. The zero-order valence-electron chi connectivity index (χ0n) is 13.0. The Morgan fingerprint density at radius 3 is 2.92 bits per heavy atom. The number of carboxylic acid groups (broad SMARTS) is 1. The quantitative estimate of drug-likeness (QED) is 0.920. The second-order valence-electron chi connectivity index (χ2n) is 5.59. The molecule has 1 aromatic heterocycles. The number of likely N-dealkylation sites (tertiary alicyclic amines) is 1. The number of likely N-dealkylation sites (N-methyl/N-ethyl adjacent to an activating group) is 1. The maximum absolute atomic E-state index is 12.6. The number of carbonyl (C=O) groups is 2. The van der Waals surface area contributed by atoms with E-state index in [-0.39, 0.29) is 5.91 Å². The summed E-state index contributed by atoms with van der Waals surface area (Å²) in [6.07, 6.45) is 0.0939. The molecule has 0 radical (unpaired) electrons. The number of aromatic nitrogens is 1. The van der Waals surface area contributed by atoms with Gasteiger partial charge in [-0.3, -0.25) is 14.6 Å². The average Bonchev–Trinajstić information content (AvgIpc) is 3.22. The molecule has 126 valence electrons. The van der Waals surface area contributed by atoms with Gasteiger partial charge in [-0.25, -0.2) is 4.79 Å². The van der Waals surface area contributed by atoms with E-state index in [1.54, 1.807) is 31.3 Å². The summed E-state index contributed by atoms with van der Waals surface area (Å²) in [7, 11) is 1.56. The molecule has 3 rings (SSSR count). The molecule has 1 saturated heterocycles. The Labute approximate surface area is 143 Å². The predicted octanol–water partition coefficient (Wildman–Crippen LogP) is 3.10. The van der Waals surface area contributed by atoms with Crippen LogP contribution >= 0.6 is 11.6 Å². The van der Waals surface area contributed by atoms with Crippen molar-refractivity contribution in [1.29, 1.82) is 0 Å². The molecule has 1 N–H and O–H groups in total. The van der Waals surface area contributed by atoms with E-state index in [1.165, 1.54) is 4.90 Å². The van der Waals surface area contributed by atoms with Gasteiger partial charge in [0.2, 0.25) is 0 Å². The molecule has 0 spiro atoms. The van der Waals surface area contributed by atoms with Gasteiger partial charge >= 0.3 is 6.09 Å². The fourth-order valence-corrected chi connectivity index (χ4v) is 2.98. The minimum Gasteiger partial charge on any atom is -0.465 e. The molecule has 8 heteroatoms. The minimum atomic E-state index is -1.08. The molecular formula is C16H16ClN3O4. The number of nitrogens with zero attached hydrogens (tertiary/aromatic N) is 3. The number of carbonyl (C=O) groups excluding carboxylic acids is 1. The zero-order chi connectivity index (χ0) is 17.3. The molecule has 1 fully saturated rings. The van der Waals surface area contributed by atoms with Crippen molar-refractivity contribution in [2.45, 2.75) is 18.9 Å². The van der Waals surface area contributed by atoms with Crippen molar-refractivity contribution < 1.29 is 19.2 Å². The third-order valence-corrected chi connectivity index (χ3v) is 4.30. The van der Waals surface area contributed by atoms with E-state index in [2.05, 4.69) is 5.16 Å². The highest BCUT2D eigenvalue weighted by molar-refractivity contribution is 6.30. The summed E-state index contributed by atoms with van der Waals surface area (Å²) < 4.78 is 5.28. The van der Waals surface area contributed by atoms with E-state index in [0.29, 0.717) is 36.0 Å². The summed E-state index contributed by atoms with van der Waals surface area (Å²) in [6.45, 7) is 0.367. The third kappa shape index (κ3) is 3.07. The molecule has 1 aromatic carbocycles. The Bertz CT molecular complexity index is 776. The molecule has 1 aliphatic rings. The summed E-state index contributed by atoms with van der Waals surface area (Å²) >= 11 is 5.96. The first-order valence-corrected chi connectivity index (χ1v) is 7.85. The number of halogens is 1. The summed E-state index contributed by atoms with van der Waals surface area (Å²) in [4.78, 5) is 26.3. The normalized spacial score (nSPS) is 17.1. The lowest BCUT2D eigenvalue weighted by atomic mass is 10.1. The van der Waals surface area contributed by atoms with Crippen LogP contribution in [-0.4, -0.2) is 46.8 Å². The van der Waals surface area contributed by atoms with E-state index in [0.717, 1.165) is 10.5 Å². The number of hydrogen-bond acceptors (Lipinski definition) is 4. The predicted molar refractivity (Wildman–Crippen MR) is 88.1 cm³/mol. The van der Waals surface area contributed by atoms with Crippen LogP contribution in [0.5, 0.6) is 0 Å². The van der Waals surface area contributed by atoms with Gasteiger partial charge in [0.25, 0.3) is 5.91 Å². The maximum atomic E-state index is 12.6. The molecule has 0 aliphatic carbocycles. The highest BCUT2D eigenvalue weighted by Crippen LogP contribution is 2.27. The summed E-state index contributed by atoms with van der Waals surface area (Å²) in [5, 5.41) is 13.6. The zero-order valence-corrected chi connectivity index (χ0v) is 13.7. The Kier molecular flexibility index (Phi) is 4.44. The standard InChI is InChI=1S/C16H16ClN3O4/c1-19(15(21)12-6-3-7-20(12)16(22)23)14-9-13(24-18-14)10-4-2-5-11(17)8-10/h2,4-5,8-9,12H,3,6-7H2,1H3,(H,22,23)/t12-/m0/s1. The van der Waals surface area contributed by atoms with Gasteiger partial charge in [0.05, 0.1) is 0 Å². The molecular weight excluding hydrogens is 334 g/mol. The van der Waals surface area contributed by atoms with Gasteiger partial charge in [-0.1, -0.05) is 28.9 Å². The highest BCUT2D eigenvalue weighted by atomic mass is 35.5. The van der Waals surface area contributed by atoms with E-state index >= 15 is 0 Å². The summed E-state index contributed by atoms with van der Waals surface area (Å²) in [5.41, 5.74) is 0.745. The van der Waals surface area contributed by atoms with Crippen LogP contribution in [0, 0.1) is 0 Å². The smallest absolute Gasteiger partial charge is 0.407 e.